The van der Waals surface area contributed by atoms with Gasteiger partial charge in [-0.15, -0.1) is 0 Å². The molecule has 6 heteroatoms. The number of aliphatic hydroxyl groups excluding tert-OH is 1. The van der Waals surface area contributed by atoms with Crippen molar-refractivity contribution in [2.24, 2.45) is 0 Å². The number of imidazole rings is 1. The van der Waals surface area contributed by atoms with E-state index in [0.29, 0.717) is 0 Å². The van der Waals surface area contributed by atoms with Crippen LogP contribution < -0.4 is 5.69 Å². The van der Waals surface area contributed by atoms with Gasteiger partial charge in [0, 0.05) is 0 Å². The first-order valence-electron chi connectivity index (χ1n) is 4.75. The van der Waals surface area contributed by atoms with E-state index in [-0.39, 0.29) is 17.6 Å². The topological polar surface area (TPSA) is 58.0 Å². The number of rotatable bonds is 2. The number of aromatic amines is 1. The summed E-state index contributed by atoms with van der Waals surface area (Å²) in [5, 5.41) is 8.96. The van der Waals surface area contributed by atoms with Gasteiger partial charge in [0.25, 0.3) is 0 Å². The molecule has 1 aromatic heterocycles. The van der Waals surface area contributed by atoms with Crippen LogP contribution in [0.3, 0.4) is 0 Å². The Morgan fingerprint density at radius 2 is 2.19 bits per heavy atom. The summed E-state index contributed by atoms with van der Waals surface area (Å²) in [4.78, 5) is 13.9. The fraction of sp³-hybridized carbons (Fsp3) is 0.300. The minimum Gasteiger partial charge on any atom is -0.394 e. The fourth-order valence-corrected chi connectivity index (χ4v) is 1.66. The monoisotopic (exact) mass is 228 g/mol. The van der Waals surface area contributed by atoms with Crippen LogP contribution in [0.4, 0.5) is 8.78 Å². The number of hydrogen-bond acceptors (Lipinski definition) is 2. The van der Waals surface area contributed by atoms with Crippen LogP contribution in [-0.2, 0) is 0 Å². The predicted octanol–water partition coefficient (Wildman–Crippen LogP) is 1.16. The van der Waals surface area contributed by atoms with Crippen molar-refractivity contribution in [2.45, 2.75) is 13.0 Å². The first-order chi connectivity index (χ1) is 7.56. The van der Waals surface area contributed by atoms with E-state index in [2.05, 4.69) is 4.98 Å². The Morgan fingerprint density at radius 1 is 1.50 bits per heavy atom. The Kier molecular flexibility index (Phi) is 2.51. The zero-order valence-electron chi connectivity index (χ0n) is 8.50. The SMILES string of the molecule is CC(CO)n1c(=O)[nH]c2ccc(F)c(F)c21. The number of nitrogens with zero attached hydrogens (tertiary/aromatic N) is 1. The van der Waals surface area contributed by atoms with Crippen molar-refractivity contribution in [2.75, 3.05) is 6.61 Å². The van der Waals surface area contributed by atoms with Gasteiger partial charge in [-0.25, -0.2) is 13.6 Å². The summed E-state index contributed by atoms with van der Waals surface area (Å²) in [6.45, 7) is 1.21. The summed E-state index contributed by atoms with van der Waals surface area (Å²) in [6, 6.07) is 1.62. The quantitative estimate of drug-likeness (QED) is 0.810. The standard InChI is InChI=1S/C10H10F2N2O2/c1-5(4-15)14-9-7(13-10(14)16)3-2-6(11)8(9)12/h2-3,5,15H,4H2,1H3,(H,13,16). The van der Waals surface area contributed by atoms with Gasteiger partial charge in [0.1, 0.15) is 5.52 Å². The van der Waals surface area contributed by atoms with Crippen molar-refractivity contribution in [3.05, 3.63) is 34.3 Å². The molecule has 0 aliphatic heterocycles. The van der Waals surface area contributed by atoms with E-state index in [1.165, 1.54) is 6.07 Å². The molecule has 0 bridgehead atoms. The molecular weight excluding hydrogens is 218 g/mol. The lowest BCUT2D eigenvalue weighted by Gasteiger charge is -2.10. The molecule has 0 amide bonds. The normalized spacial score (nSPS) is 13.2. The Bertz CT molecular complexity index is 588. The molecular formula is C10H10F2N2O2. The van der Waals surface area contributed by atoms with Gasteiger partial charge in [-0.1, -0.05) is 0 Å². The first kappa shape index (κ1) is 10.8. The molecule has 0 aliphatic rings. The molecule has 0 saturated carbocycles. The van der Waals surface area contributed by atoms with Gasteiger partial charge < -0.3 is 10.1 Å². The van der Waals surface area contributed by atoms with E-state index < -0.39 is 23.4 Å². The second-order valence-electron chi connectivity index (χ2n) is 3.59. The maximum Gasteiger partial charge on any atom is 0.326 e. The van der Waals surface area contributed by atoms with Crippen LogP contribution in [0.1, 0.15) is 13.0 Å². The Morgan fingerprint density at radius 3 is 2.81 bits per heavy atom. The van der Waals surface area contributed by atoms with Gasteiger partial charge in [-0.3, -0.25) is 4.57 Å². The number of nitrogens with one attached hydrogen (secondary N) is 1. The number of benzene rings is 1. The lowest BCUT2D eigenvalue weighted by Crippen LogP contribution is -2.23. The van der Waals surface area contributed by atoms with Gasteiger partial charge >= 0.3 is 5.69 Å². The molecule has 2 N–H and O–H groups in total. The summed E-state index contributed by atoms with van der Waals surface area (Å²) in [5.41, 5.74) is -0.503. The van der Waals surface area contributed by atoms with E-state index >= 15 is 0 Å². The molecule has 1 aromatic carbocycles. The largest absolute Gasteiger partial charge is 0.394 e. The van der Waals surface area contributed by atoms with Crippen LogP contribution in [0.5, 0.6) is 0 Å². The number of fused-ring (bicyclic) bond motifs is 1. The number of H-pyrrole nitrogens is 1. The molecule has 2 rings (SSSR count). The lowest BCUT2D eigenvalue weighted by molar-refractivity contribution is 0.238. The maximum absolute atomic E-state index is 13.5. The summed E-state index contributed by atoms with van der Waals surface area (Å²) < 4.78 is 27.6. The highest BCUT2D eigenvalue weighted by molar-refractivity contribution is 5.76. The van der Waals surface area contributed by atoms with Gasteiger partial charge in [-0.2, -0.15) is 0 Å². The zero-order valence-corrected chi connectivity index (χ0v) is 8.50. The highest BCUT2D eigenvalue weighted by atomic mass is 19.2. The van der Waals surface area contributed by atoms with Crippen molar-refractivity contribution in [3.63, 3.8) is 0 Å². The van der Waals surface area contributed by atoms with E-state index in [9.17, 15) is 13.6 Å². The molecule has 1 atom stereocenters. The first-order valence-corrected chi connectivity index (χ1v) is 4.75. The van der Waals surface area contributed by atoms with Crippen LogP contribution in [0, 0.1) is 11.6 Å². The number of aromatic nitrogens is 2. The van der Waals surface area contributed by atoms with Gasteiger partial charge in [0.05, 0.1) is 18.2 Å². The van der Waals surface area contributed by atoms with E-state index in [0.717, 1.165) is 10.6 Å². The maximum atomic E-state index is 13.5. The van der Waals surface area contributed by atoms with Crippen LogP contribution >= 0.6 is 0 Å². The molecule has 86 valence electrons. The third-order valence-electron chi connectivity index (χ3n) is 2.48. The molecule has 0 spiro atoms. The van der Waals surface area contributed by atoms with Crippen LogP contribution in [0.25, 0.3) is 11.0 Å². The molecule has 0 fully saturated rings. The molecule has 0 saturated heterocycles. The summed E-state index contributed by atoms with van der Waals surface area (Å²) in [7, 11) is 0. The second-order valence-corrected chi connectivity index (χ2v) is 3.59. The molecule has 0 aliphatic carbocycles. The predicted molar refractivity (Wildman–Crippen MR) is 54.3 cm³/mol. The number of aliphatic hydroxyl groups is 1. The number of halogens is 2. The molecule has 1 heterocycles. The van der Waals surface area contributed by atoms with Gasteiger partial charge in [0.2, 0.25) is 0 Å². The summed E-state index contributed by atoms with van der Waals surface area (Å²) >= 11 is 0. The minimum atomic E-state index is -1.09. The smallest absolute Gasteiger partial charge is 0.326 e. The Hall–Kier alpha value is -1.69. The van der Waals surface area contributed by atoms with E-state index in [4.69, 9.17) is 5.11 Å². The molecule has 4 nitrogen and oxygen atoms in total. The van der Waals surface area contributed by atoms with Crippen LogP contribution in [-0.4, -0.2) is 21.3 Å². The van der Waals surface area contributed by atoms with Crippen LogP contribution in [0.2, 0.25) is 0 Å². The van der Waals surface area contributed by atoms with Crippen molar-refractivity contribution >= 4 is 11.0 Å². The van der Waals surface area contributed by atoms with E-state index in [1.807, 2.05) is 0 Å². The highest BCUT2D eigenvalue weighted by Gasteiger charge is 2.18. The van der Waals surface area contributed by atoms with Crippen molar-refractivity contribution in [1.29, 1.82) is 0 Å². The molecule has 1 unspecified atom stereocenters. The Balaban J connectivity index is 2.87. The molecule has 16 heavy (non-hydrogen) atoms. The van der Waals surface area contributed by atoms with Crippen LogP contribution in [0.15, 0.2) is 16.9 Å². The highest BCUT2D eigenvalue weighted by Crippen LogP contribution is 2.20. The van der Waals surface area contributed by atoms with Gasteiger partial charge in [-0.05, 0) is 19.1 Å². The fourth-order valence-electron chi connectivity index (χ4n) is 1.66. The number of hydrogen-bond donors (Lipinski definition) is 2. The lowest BCUT2D eigenvalue weighted by atomic mass is 10.2. The molecule has 2 aromatic rings. The second kappa shape index (κ2) is 3.71. The van der Waals surface area contributed by atoms with Crippen molar-refractivity contribution < 1.29 is 13.9 Å². The third-order valence-corrected chi connectivity index (χ3v) is 2.48. The average molecular weight is 228 g/mol. The van der Waals surface area contributed by atoms with Crippen molar-refractivity contribution in [1.82, 2.24) is 9.55 Å². The average Bonchev–Trinajstić information content (AvgIpc) is 2.60. The summed E-state index contributed by atoms with van der Waals surface area (Å²) in [6.07, 6.45) is 0. The molecule has 0 radical (unpaired) electrons. The van der Waals surface area contributed by atoms with E-state index in [1.54, 1.807) is 6.92 Å². The van der Waals surface area contributed by atoms with Gasteiger partial charge in [0.15, 0.2) is 11.6 Å². The summed E-state index contributed by atoms with van der Waals surface area (Å²) in [5.74, 6) is -2.11. The third kappa shape index (κ3) is 1.42. The zero-order chi connectivity index (χ0) is 11.9. The minimum absolute atomic E-state index is 0.147. The Labute approximate surface area is 89.1 Å². The van der Waals surface area contributed by atoms with Crippen molar-refractivity contribution in [3.8, 4) is 0 Å².